The number of aliphatic carboxylic acids is 7. The molecule has 1 unspecified atom stereocenters. The van der Waals surface area contributed by atoms with Gasteiger partial charge in [-0.15, -0.1) is 0 Å². The Hall–Kier alpha value is -0.0508. The SMILES string of the molecule is CC(O)C(=O)O.O=C([O-])CC(O)(CC(=O)[O-])C(=O)[O-].O=C([O-])CC(O)(CC(=O)[O-])C(=O)[O-].[Ca+2].[Ca+2].[Ca+2]. The van der Waals surface area contributed by atoms with Crippen LogP contribution in [-0.2, 0) is 33.6 Å². The maximum absolute atomic E-state index is 10.1. The summed E-state index contributed by atoms with van der Waals surface area (Å²) in [6, 6.07) is 0. The molecule has 20 heteroatoms. The fourth-order valence-corrected chi connectivity index (χ4v) is 1.37. The minimum Gasteiger partial charge on any atom is -0.550 e. The second-order valence-electron chi connectivity index (χ2n) is 5.85. The maximum atomic E-state index is 10.1. The van der Waals surface area contributed by atoms with Gasteiger partial charge in [-0.2, -0.15) is 0 Å². The van der Waals surface area contributed by atoms with E-state index in [4.69, 9.17) is 20.4 Å². The van der Waals surface area contributed by atoms with E-state index in [2.05, 4.69) is 0 Å². The van der Waals surface area contributed by atoms with Crippen LogP contribution in [0.25, 0.3) is 0 Å². The third-order valence-corrected chi connectivity index (χ3v) is 2.86. The molecule has 0 aliphatic rings. The van der Waals surface area contributed by atoms with Crippen LogP contribution in [0, 0.1) is 0 Å². The molecular weight excluding hydrogens is 572 g/mol. The van der Waals surface area contributed by atoms with E-state index in [0.29, 0.717) is 0 Å². The van der Waals surface area contributed by atoms with Crippen LogP contribution in [0.1, 0.15) is 32.6 Å². The van der Waals surface area contributed by atoms with Crippen molar-refractivity contribution in [2.24, 2.45) is 0 Å². The summed E-state index contributed by atoms with van der Waals surface area (Å²) in [5.41, 5.74) is -5.95. The Balaban J connectivity index is -0.0000000916. The molecule has 184 valence electrons. The van der Waals surface area contributed by atoms with E-state index in [0.717, 1.165) is 0 Å². The van der Waals surface area contributed by atoms with Gasteiger partial charge in [0.25, 0.3) is 0 Å². The summed E-state index contributed by atoms with van der Waals surface area (Å²) in [6.07, 6.45) is -6.66. The number of carbonyl (C=O) groups excluding carboxylic acids is 6. The smallest absolute Gasteiger partial charge is 0.550 e. The zero-order valence-electron chi connectivity index (χ0n) is 18.1. The van der Waals surface area contributed by atoms with Crippen LogP contribution in [0.2, 0.25) is 0 Å². The molecule has 0 bridgehead atoms. The molecule has 35 heavy (non-hydrogen) atoms. The summed E-state index contributed by atoms with van der Waals surface area (Å²) in [5, 5.41) is 93.6. The van der Waals surface area contributed by atoms with Crippen molar-refractivity contribution in [3.8, 4) is 0 Å². The predicted molar refractivity (Wildman–Crippen MR) is 95.0 cm³/mol. The molecule has 0 radical (unpaired) electrons. The first-order valence-corrected chi connectivity index (χ1v) is 7.78. The largest absolute Gasteiger partial charge is 2.00 e. The quantitative estimate of drug-likeness (QED) is 0.163. The fourth-order valence-electron chi connectivity index (χ4n) is 1.37. The molecule has 0 saturated carbocycles. The van der Waals surface area contributed by atoms with E-state index in [9.17, 15) is 64.2 Å². The first-order chi connectivity index (χ1) is 14.2. The van der Waals surface area contributed by atoms with E-state index in [1.54, 1.807) is 0 Å². The van der Waals surface area contributed by atoms with Gasteiger partial charge in [0, 0.05) is 49.6 Å². The zero-order chi connectivity index (χ0) is 26.4. The van der Waals surface area contributed by atoms with Gasteiger partial charge in [-0.05, 0) is 6.92 Å². The molecular formula is C15H16Ca3O17. The monoisotopic (exact) mass is 588 g/mol. The van der Waals surface area contributed by atoms with Crippen molar-refractivity contribution < 1.29 is 84.6 Å². The molecule has 0 spiro atoms. The van der Waals surface area contributed by atoms with Gasteiger partial charge in [0.05, 0.1) is 11.9 Å². The van der Waals surface area contributed by atoms with Crippen molar-refractivity contribution in [1.82, 2.24) is 0 Å². The predicted octanol–water partition coefficient (Wildman–Crippen LogP) is -12.2. The molecule has 1 atom stereocenters. The molecule has 17 nitrogen and oxygen atoms in total. The van der Waals surface area contributed by atoms with Gasteiger partial charge in [0.15, 0.2) is 0 Å². The second kappa shape index (κ2) is 23.1. The van der Waals surface area contributed by atoms with Gasteiger partial charge >= 0.3 is 119 Å². The van der Waals surface area contributed by atoms with Gasteiger partial charge in [0.1, 0.15) is 17.3 Å². The van der Waals surface area contributed by atoms with Gasteiger partial charge in [-0.25, -0.2) is 4.79 Å². The molecule has 0 aromatic carbocycles. The second-order valence-corrected chi connectivity index (χ2v) is 5.85. The summed E-state index contributed by atoms with van der Waals surface area (Å²) in [7, 11) is 0. The van der Waals surface area contributed by atoms with Crippen LogP contribution >= 0.6 is 0 Å². The molecule has 0 saturated heterocycles. The van der Waals surface area contributed by atoms with Crippen LogP contribution in [0.5, 0.6) is 0 Å². The zero-order valence-corrected chi connectivity index (χ0v) is 24.7. The summed E-state index contributed by atoms with van der Waals surface area (Å²) in [5.74, 6) is -13.2. The standard InChI is InChI=1S/2C6H8O7.C3H6O3.3Ca/c2*7-3(8)1-6(13,5(11)12)2-4(9)10;1-2(4)3(5)6;;;/h2*13H,1-2H2,(H,7,8)(H,9,10)(H,11,12);2,4H,1H3,(H,5,6);;;/q;;;3*+2/p-6. The molecule has 0 aromatic heterocycles. The van der Waals surface area contributed by atoms with E-state index in [-0.39, 0.29) is 113 Å². The molecule has 0 aromatic rings. The van der Waals surface area contributed by atoms with E-state index < -0.39 is 84.8 Å². The van der Waals surface area contributed by atoms with Gasteiger partial charge in [-0.1, -0.05) is 0 Å². The average molecular weight is 589 g/mol. The Kier molecular flexibility index (Phi) is 31.7. The Labute approximate surface area is 285 Å². The van der Waals surface area contributed by atoms with Crippen molar-refractivity contribution in [2.45, 2.75) is 49.9 Å². The van der Waals surface area contributed by atoms with E-state index >= 15 is 0 Å². The molecule has 0 heterocycles. The number of aliphatic hydroxyl groups excluding tert-OH is 1. The Morgan fingerprint density at radius 3 is 0.800 bits per heavy atom. The summed E-state index contributed by atoms with van der Waals surface area (Å²) < 4.78 is 0. The molecule has 0 aliphatic carbocycles. The maximum Gasteiger partial charge on any atom is 2.00 e. The van der Waals surface area contributed by atoms with E-state index in [1.807, 2.05) is 0 Å². The van der Waals surface area contributed by atoms with Gasteiger partial charge in [-0.3, -0.25) is 0 Å². The molecule has 0 amide bonds. The van der Waals surface area contributed by atoms with Crippen LogP contribution in [-0.4, -0.2) is 193 Å². The first-order valence-electron chi connectivity index (χ1n) is 7.78. The van der Waals surface area contributed by atoms with Crippen molar-refractivity contribution in [1.29, 1.82) is 0 Å². The van der Waals surface area contributed by atoms with Crippen LogP contribution in [0.4, 0.5) is 0 Å². The number of carboxylic acid groups (broad SMARTS) is 7. The third-order valence-electron chi connectivity index (χ3n) is 2.86. The van der Waals surface area contributed by atoms with Crippen LogP contribution in [0.15, 0.2) is 0 Å². The number of rotatable bonds is 11. The molecule has 0 fully saturated rings. The van der Waals surface area contributed by atoms with Gasteiger partial charge in [0.2, 0.25) is 0 Å². The molecule has 4 N–H and O–H groups in total. The van der Waals surface area contributed by atoms with E-state index in [1.165, 1.54) is 6.92 Å². The number of hydrogen-bond donors (Lipinski definition) is 4. The Morgan fingerprint density at radius 1 is 0.600 bits per heavy atom. The van der Waals surface area contributed by atoms with Crippen molar-refractivity contribution in [3.05, 3.63) is 0 Å². The summed E-state index contributed by atoms with van der Waals surface area (Å²) in [6.45, 7) is 1.20. The van der Waals surface area contributed by atoms with Crippen molar-refractivity contribution in [3.63, 3.8) is 0 Å². The number of carbonyl (C=O) groups is 7. The normalized spacial score (nSPS) is 10.4. The molecule has 0 rings (SSSR count). The Morgan fingerprint density at radius 2 is 0.743 bits per heavy atom. The number of hydrogen-bond acceptors (Lipinski definition) is 16. The van der Waals surface area contributed by atoms with Crippen molar-refractivity contribution >= 4 is 155 Å². The topological polar surface area (TPSA) is 339 Å². The average Bonchev–Trinajstić information content (AvgIpc) is 2.52. The summed E-state index contributed by atoms with van der Waals surface area (Å²) >= 11 is 0. The number of aliphatic hydroxyl groups is 3. The van der Waals surface area contributed by atoms with Gasteiger partial charge < -0.3 is 79.8 Å². The van der Waals surface area contributed by atoms with Crippen LogP contribution in [0.3, 0.4) is 0 Å². The number of carboxylic acids is 7. The molecule has 0 aliphatic heterocycles. The minimum absolute atomic E-state index is 0. The Bertz CT molecular complexity index is 652. The summed E-state index contributed by atoms with van der Waals surface area (Å²) in [4.78, 5) is 69.4. The first kappa shape index (κ1) is 48.1. The minimum atomic E-state index is -2.97. The fraction of sp³-hybridized carbons (Fsp3) is 0.533. The van der Waals surface area contributed by atoms with Crippen LogP contribution < -0.4 is 30.6 Å². The van der Waals surface area contributed by atoms with Crippen molar-refractivity contribution in [2.75, 3.05) is 0 Å². The third kappa shape index (κ3) is 26.8.